The summed E-state index contributed by atoms with van der Waals surface area (Å²) in [5, 5.41) is 0. The van der Waals surface area contributed by atoms with Crippen LogP contribution in [0.25, 0.3) is 11.3 Å². The fourth-order valence-corrected chi connectivity index (χ4v) is 1.50. The van der Waals surface area contributed by atoms with Gasteiger partial charge in [-0.05, 0) is 12.3 Å². The molecule has 1 atom stereocenters. The van der Waals surface area contributed by atoms with Gasteiger partial charge < -0.3 is 4.98 Å². The van der Waals surface area contributed by atoms with E-state index in [4.69, 9.17) is 0 Å². The Morgan fingerprint density at radius 2 is 2.13 bits per heavy atom. The number of fused-ring (bicyclic) bond motifs is 1. The molecule has 2 aromatic heterocycles. The van der Waals surface area contributed by atoms with Gasteiger partial charge in [-0.25, -0.2) is 15.0 Å². The molecule has 1 unspecified atom stereocenters. The van der Waals surface area contributed by atoms with Crippen molar-refractivity contribution in [3.05, 3.63) is 18.2 Å². The quantitative estimate of drug-likeness (QED) is 0.831. The van der Waals surface area contributed by atoms with Crippen LogP contribution in [0.5, 0.6) is 0 Å². The van der Waals surface area contributed by atoms with Gasteiger partial charge in [0.2, 0.25) is 0 Å². The first-order chi connectivity index (χ1) is 7.29. The molecule has 0 saturated heterocycles. The molecule has 4 nitrogen and oxygen atoms in total. The topological polar surface area (TPSA) is 54.5 Å². The van der Waals surface area contributed by atoms with Gasteiger partial charge in [0.1, 0.15) is 5.82 Å². The van der Waals surface area contributed by atoms with Crippen molar-refractivity contribution in [3.63, 3.8) is 0 Å². The summed E-state index contributed by atoms with van der Waals surface area (Å²) in [6.07, 6.45) is 6.71. The number of nitrogens with zero attached hydrogens (tertiary/aromatic N) is 3. The van der Waals surface area contributed by atoms with Crippen LogP contribution in [0.4, 0.5) is 0 Å². The minimum Gasteiger partial charge on any atom is -0.325 e. The lowest BCUT2D eigenvalue weighted by Gasteiger charge is -2.04. The Morgan fingerprint density at radius 1 is 1.33 bits per heavy atom. The van der Waals surface area contributed by atoms with Crippen molar-refractivity contribution in [1.29, 1.82) is 0 Å². The van der Waals surface area contributed by atoms with Crippen LogP contribution < -0.4 is 0 Å². The van der Waals surface area contributed by atoms with E-state index in [1.807, 2.05) is 0 Å². The minimum atomic E-state index is 0.719. The Kier molecular flexibility index (Phi) is 2.94. The molecule has 0 saturated carbocycles. The number of nitrogens with one attached hydrogen (secondary N) is 1. The average Bonchev–Trinajstić information content (AvgIpc) is 2.68. The minimum absolute atomic E-state index is 0.719. The maximum absolute atomic E-state index is 4.39. The number of aromatic amines is 1. The van der Waals surface area contributed by atoms with E-state index in [2.05, 4.69) is 33.8 Å². The van der Waals surface area contributed by atoms with Crippen molar-refractivity contribution >= 4 is 11.3 Å². The monoisotopic (exact) mass is 204 g/mol. The molecule has 2 heterocycles. The zero-order chi connectivity index (χ0) is 10.7. The summed E-state index contributed by atoms with van der Waals surface area (Å²) < 4.78 is 0. The first-order valence-electron chi connectivity index (χ1n) is 5.45. The third-order valence-corrected chi connectivity index (χ3v) is 2.75. The van der Waals surface area contributed by atoms with Crippen molar-refractivity contribution < 1.29 is 0 Å². The first kappa shape index (κ1) is 10.1. The summed E-state index contributed by atoms with van der Waals surface area (Å²) in [7, 11) is 0. The molecule has 80 valence electrons. The second-order valence-electron chi connectivity index (χ2n) is 3.96. The van der Waals surface area contributed by atoms with Crippen molar-refractivity contribution in [1.82, 2.24) is 19.9 Å². The standard InChI is InChI=1S/C11H16N4/c1-3-8(2)4-5-9-14-10-11(15-9)13-7-6-12-10/h6-8H,3-5H2,1-2H3,(H,12,13,14,15). The number of H-pyrrole nitrogens is 1. The van der Waals surface area contributed by atoms with Crippen molar-refractivity contribution in [2.24, 2.45) is 5.92 Å². The van der Waals surface area contributed by atoms with E-state index >= 15 is 0 Å². The predicted octanol–water partition coefficient (Wildman–Crippen LogP) is 2.33. The molecule has 2 rings (SSSR count). The Morgan fingerprint density at radius 3 is 2.87 bits per heavy atom. The zero-order valence-electron chi connectivity index (χ0n) is 9.20. The van der Waals surface area contributed by atoms with Gasteiger partial charge in [0.15, 0.2) is 11.3 Å². The number of aryl methyl sites for hydroxylation is 1. The summed E-state index contributed by atoms with van der Waals surface area (Å²) in [4.78, 5) is 15.9. The van der Waals surface area contributed by atoms with E-state index in [-0.39, 0.29) is 0 Å². The lowest BCUT2D eigenvalue weighted by molar-refractivity contribution is 0.511. The third-order valence-electron chi connectivity index (χ3n) is 2.75. The molecule has 0 spiro atoms. The molecule has 0 fully saturated rings. The smallest absolute Gasteiger partial charge is 0.197 e. The van der Waals surface area contributed by atoms with Crippen LogP contribution in [0, 0.1) is 5.92 Å². The second kappa shape index (κ2) is 4.38. The predicted molar refractivity (Wildman–Crippen MR) is 59.5 cm³/mol. The lowest BCUT2D eigenvalue weighted by Crippen LogP contribution is -1.96. The van der Waals surface area contributed by atoms with E-state index in [0.29, 0.717) is 0 Å². The Bertz CT molecular complexity index is 402. The van der Waals surface area contributed by atoms with Gasteiger partial charge in [0, 0.05) is 18.8 Å². The molecule has 0 aromatic carbocycles. The molecular weight excluding hydrogens is 188 g/mol. The molecule has 4 heteroatoms. The highest BCUT2D eigenvalue weighted by Crippen LogP contribution is 2.12. The van der Waals surface area contributed by atoms with Crippen LogP contribution >= 0.6 is 0 Å². The van der Waals surface area contributed by atoms with Gasteiger partial charge >= 0.3 is 0 Å². The number of hydrogen-bond acceptors (Lipinski definition) is 3. The van der Waals surface area contributed by atoms with Gasteiger partial charge in [-0.1, -0.05) is 20.3 Å². The van der Waals surface area contributed by atoms with Crippen molar-refractivity contribution in [3.8, 4) is 0 Å². The summed E-state index contributed by atoms with van der Waals surface area (Å²) in [5.74, 6) is 1.75. The highest BCUT2D eigenvalue weighted by Gasteiger charge is 2.05. The van der Waals surface area contributed by atoms with Crippen molar-refractivity contribution in [2.75, 3.05) is 0 Å². The number of aromatic nitrogens is 4. The fraction of sp³-hybridized carbons (Fsp3) is 0.545. The highest BCUT2D eigenvalue weighted by atomic mass is 15.0. The molecule has 0 aliphatic carbocycles. The molecule has 0 radical (unpaired) electrons. The molecule has 0 aliphatic rings. The first-order valence-corrected chi connectivity index (χ1v) is 5.45. The fourth-order valence-electron chi connectivity index (χ4n) is 1.50. The maximum atomic E-state index is 4.39. The molecule has 1 N–H and O–H groups in total. The van der Waals surface area contributed by atoms with Crippen LogP contribution in [0.2, 0.25) is 0 Å². The molecule has 0 aliphatic heterocycles. The van der Waals surface area contributed by atoms with E-state index in [1.54, 1.807) is 12.4 Å². The van der Waals surface area contributed by atoms with E-state index in [9.17, 15) is 0 Å². The zero-order valence-corrected chi connectivity index (χ0v) is 9.20. The van der Waals surface area contributed by atoms with Crippen LogP contribution in [0.15, 0.2) is 12.4 Å². The van der Waals surface area contributed by atoms with Crippen molar-refractivity contribution in [2.45, 2.75) is 33.1 Å². The Labute approximate surface area is 89.2 Å². The summed E-state index contributed by atoms with van der Waals surface area (Å²) in [5.41, 5.74) is 1.51. The van der Waals surface area contributed by atoms with Gasteiger partial charge in [-0.15, -0.1) is 0 Å². The Balaban J connectivity index is 2.09. The molecule has 2 aromatic rings. The van der Waals surface area contributed by atoms with E-state index in [1.165, 1.54) is 6.42 Å². The number of rotatable bonds is 4. The summed E-state index contributed by atoms with van der Waals surface area (Å²) in [6, 6.07) is 0. The molecule has 15 heavy (non-hydrogen) atoms. The summed E-state index contributed by atoms with van der Waals surface area (Å²) >= 11 is 0. The SMILES string of the molecule is CCC(C)CCc1nc2nccnc2[nH]1. The van der Waals surface area contributed by atoms with Gasteiger partial charge in [-0.2, -0.15) is 0 Å². The highest BCUT2D eigenvalue weighted by molar-refractivity contribution is 5.64. The largest absolute Gasteiger partial charge is 0.325 e. The second-order valence-corrected chi connectivity index (χ2v) is 3.96. The van der Waals surface area contributed by atoms with Crippen LogP contribution in [0.3, 0.4) is 0 Å². The third kappa shape index (κ3) is 2.32. The van der Waals surface area contributed by atoms with Crippen LogP contribution in [-0.2, 0) is 6.42 Å². The lowest BCUT2D eigenvalue weighted by atomic mass is 10.0. The molecule has 0 bridgehead atoms. The number of imidazole rings is 1. The van der Waals surface area contributed by atoms with E-state index in [0.717, 1.165) is 35.9 Å². The van der Waals surface area contributed by atoms with Crippen LogP contribution in [0.1, 0.15) is 32.5 Å². The van der Waals surface area contributed by atoms with Gasteiger partial charge in [0.05, 0.1) is 0 Å². The average molecular weight is 204 g/mol. The van der Waals surface area contributed by atoms with Gasteiger partial charge in [-0.3, -0.25) is 0 Å². The normalized spacial score (nSPS) is 13.2. The molecule has 0 amide bonds. The maximum Gasteiger partial charge on any atom is 0.197 e. The summed E-state index contributed by atoms with van der Waals surface area (Å²) in [6.45, 7) is 4.48. The Hall–Kier alpha value is -1.45. The van der Waals surface area contributed by atoms with E-state index < -0.39 is 0 Å². The van der Waals surface area contributed by atoms with Gasteiger partial charge in [0.25, 0.3) is 0 Å². The number of hydrogen-bond donors (Lipinski definition) is 1. The molecular formula is C11H16N4. The van der Waals surface area contributed by atoms with Crippen LogP contribution in [-0.4, -0.2) is 19.9 Å².